The number of pyridine rings is 1. The number of amides is 1. The summed E-state index contributed by atoms with van der Waals surface area (Å²) in [5, 5.41) is 3.07. The van der Waals surface area contributed by atoms with Crippen LogP contribution in [-0.2, 0) is 23.4 Å². The van der Waals surface area contributed by atoms with Gasteiger partial charge >= 0.3 is 0 Å². The van der Waals surface area contributed by atoms with Crippen molar-refractivity contribution < 1.29 is 13.7 Å². The maximum atomic E-state index is 13.4. The van der Waals surface area contributed by atoms with Crippen molar-refractivity contribution in [2.45, 2.75) is 30.7 Å². The Morgan fingerprint density at radius 3 is 2.77 bits per heavy atom. The van der Waals surface area contributed by atoms with Crippen molar-refractivity contribution in [1.29, 1.82) is 4.78 Å². The van der Waals surface area contributed by atoms with E-state index in [1.165, 1.54) is 11.8 Å². The number of carbonyl (C=O) groups is 1. The molecule has 4 rings (SSSR count). The SMILES string of the molecule is COc1ccc(CC[C@H](C)[C@H]2C=Cc3c(cn(C)c3C(=O)Nc3ccnc(Cl)c3)S(=N)(=O)N2)cc1. The Hall–Kier alpha value is -3.14. The van der Waals surface area contributed by atoms with Gasteiger partial charge in [-0.3, -0.25) is 4.79 Å². The number of rotatable bonds is 7. The van der Waals surface area contributed by atoms with Crippen LogP contribution in [0, 0.1) is 10.7 Å². The first-order valence-corrected chi connectivity index (χ1v) is 13.1. The largest absolute Gasteiger partial charge is 0.497 e. The van der Waals surface area contributed by atoms with Crippen LogP contribution >= 0.6 is 11.6 Å². The van der Waals surface area contributed by atoms with Gasteiger partial charge in [-0.15, -0.1) is 0 Å². The maximum Gasteiger partial charge on any atom is 0.272 e. The monoisotopic (exact) mass is 513 g/mol. The molecule has 1 unspecified atom stereocenters. The van der Waals surface area contributed by atoms with Crippen molar-refractivity contribution >= 4 is 39.2 Å². The highest BCUT2D eigenvalue weighted by Gasteiger charge is 2.30. The Balaban J connectivity index is 1.54. The van der Waals surface area contributed by atoms with E-state index in [0.29, 0.717) is 21.8 Å². The Labute approximate surface area is 210 Å². The summed E-state index contributed by atoms with van der Waals surface area (Å²) in [4.78, 5) is 17.3. The molecular formula is C25H28ClN5O3S. The zero-order chi connectivity index (χ0) is 25.2. The number of aryl methyl sites for hydroxylation is 2. The molecule has 1 aliphatic rings. The molecule has 1 amide bonds. The highest BCUT2D eigenvalue weighted by atomic mass is 35.5. The van der Waals surface area contributed by atoms with E-state index in [0.717, 1.165) is 18.6 Å². The summed E-state index contributed by atoms with van der Waals surface area (Å²) in [6.07, 6.45) is 8.46. The summed E-state index contributed by atoms with van der Waals surface area (Å²) < 4.78 is 31.9. The predicted octanol–water partition coefficient (Wildman–Crippen LogP) is 4.91. The molecule has 2 aromatic heterocycles. The molecule has 0 saturated carbocycles. The van der Waals surface area contributed by atoms with Crippen LogP contribution in [0.1, 0.15) is 35.0 Å². The van der Waals surface area contributed by atoms with Crippen LogP contribution in [0.2, 0.25) is 5.15 Å². The highest BCUT2D eigenvalue weighted by Crippen LogP contribution is 2.29. The first-order chi connectivity index (χ1) is 16.7. The number of carbonyl (C=O) groups excluding carboxylic acids is 1. The van der Waals surface area contributed by atoms with Gasteiger partial charge in [0.25, 0.3) is 5.91 Å². The van der Waals surface area contributed by atoms with Gasteiger partial charge in [0.2, 0.25) is 0 Å². The fourth-order valence-electron chi connectivity index (χ4n) is 4.13. The van der Waals surface area contributed by atoms with Gasteiger partial charge in [0.05, 0.1) is 12.0 Å². The highest BCUT2D eigenvalue weighted by molar-refractivity contribution is 7.90. The summed E-state index contributed by atoms with van der Waals surface area (Å²) in [5.74, 6) is 0.532. The topological polar surface area (TPSA) is 109 Å². The normalized spacial score (nSPS) is 20.1. The number of nitrogens with zero attached hydrogens (tertiary/aromatic N) is 2. The Morgan fingerprint density at radius 2 is 2.09 bits per heavy atom. The molecule has 3 heterocycles. The number of methoxy groups -OCH3 is 1. The Bertz CT molecular complexity index is 1370. The van der Waals surface area contributed by atoms with E-state index in [1.807, 2.05) is 30.3 Å². The minimum Gasteiger partial charge on any atom is -0.497 e. The van der Waals surface area contributed by atoms with Gasteiger partial charge in [-0.25, -0.2) is 18.7 Å². The third-order valence-corrected chi connectivity index (χ3v) is 7.88. The third-order valence-electron chi connectivity index (χ3n) is 6.13. The minimum atomic E-state index is -3.34. The number of anilines is 1. The van der Waals surface area contributed by atoms with Crippen molar-refractivity contribution in [1.82, 2.24) is 14.3 Å². The zero-order valence-electron chi connectivity index (χ0n) is 19.7. The predicted molar refractivity (Wildman–Crippen MR) is 138 cm³/mol. The zero-order valence-corrected chi connectivity index (χ0v) is 21.3. The van der Waals surface area contributed by atoms with E-state index >= 15 is 0 Å². The molecule has 0 fully saturated rings. The van der Waals surface area contributed by atoms with Gasteiger partial charge in [-0.05, 0) is 48.6 Å². The number of fused-ring (bicyclic) bond motifs is 1. The molecular weight excluding hydrogens is 486 g/mol. The number of benzene rings is 1. The van der Waals surface area contributed by atoms with E-state index in [4.69, 9.17) is 21.1 Å². The van der Waals surface area contributed by atoms with Gasteiger partial charge in [0.1, 0.15) is 26.5 Å². The molecule has 3 aromatic rings. The van der Waals surface area contributed by atoms with Crippen LogP contribution in [-0.4, -0.2) is 32.8 Å². The van der Waals surface area contributed by atoms with E-state index in [2.05, 4.69) is 21.9 Å². The first-order valence-electron chi connectivity index (χ1n) is 11.2. The molecule has 0 saturated heterocycles. The standard InChI is InChI=1S/C25H28ClN5O3S/c1-16(4-5-17-6-8-19(34-3)9-7-17)21-11-10-20-22(35(27,33)30-21)15-31(2)24(20)25(32)29-18-12-13-28-23(26)14-18/h6-16,21H,4-5H2,1-3H3,(H2,27,30,33)(H,28,29,32)/t16-,21+,35?/m0/s1. The first kappa shape index (κ1) is 25.0. The van der Waals surface area contributed by atoms with Crippen LogP contribution in [0.25, 0.3) is 6.08 Å². The summed E-state index contributed by atoms with van der Waals surface area (Å²) in [5.41, 5.74) is 2.47. The summed E-state index contributed by atoms with van der Waals surface area (Å²) in [6, 6.07) is 10.8. The van der Waals surface area contributed by atoms with Crippen molar-refractivity contribution in [3.05, 3.63) is 76.8 Å². The molecule has 3 N–H and O–H groups in total. The average Bonchev–Trinajstić information content (AvgIpc) is 3.11. The summed E-state index contributed by atoms with van der Waals surface area (Å²) in [7, 11) is -0.00439. The molecule has 0 bridgehead atoms. The second kappa shape index (κ2) is 10.2. The number of nitrogens with one attached hydrogen (secondary N) is 3. The number of hydrogen-bond acceptors (Lipinski definition) is 5. The fourth-order valence-corrected chi connectivity index (χ4v) is 5.90. The van der Waals surface area contributed by atoms with Crippen molar-refractivity contribution in [2.75, 3.05) is 12.4 Å². The molecule has 184 valence electrons. The molecule has 1 aliphatic heterocycles. The lowest BCUT2D eigenvalue weighted by atomic mass is 9.94. The Morgan fingerprint density at radius 1 is 1.34 bits per heavy atom. The second-order valence-corrected chi connectivity index (χ2v) is 10.8. The number of aromatic nitrogens is 2. The molecule has 0 radical (unpaired) electrons. The van der Waals surface area contributed by atoms with Crippen LogP contribution < -0.4 is 14.8 Å². The number of hydrogen-bond donors (Lipinski definition) is 3. The lowest BCUT2D eigenvalue weighted by Gasteiger charge is -2.22. The number of ether oxygens (including phenoxy) is 1. The van der Waals surface area contributed by atoms with Crippen molar-refractivity contribution in [3.8, 4) is 5.75 Å². The smallest absolute Gasteiger partial charge is 0.272 e. The Kier molecular flexibility index (Phi) is 7.30. The molecule has 35 heavy (non-hydrogen) atoms. The van der Waals surface area contributed by atoms with E-state index in [1.54, 1.807) is 43.1 Å². The summed E-state index contributed by atoms with van der Waals surface area (Å²) in [6.45, 7) is 2.07. The minimum absolute atomic E-state index is 0.105. The molecule has 0 aliphatic carbocycles. The van der Waals surface area contributed by atoms with E-state index in [-0.39, 0.29) is 23.0 Å². The van der Waals surface area contributed by atoms with Gasteiger partial charge in [-0.2, -0.15) is 0 Å². The second-order valence-electron chi connectivity index (χ2n) is 8.61. The van der Waals surface area contributed by atoms with Gasteiger partial charge in [0, 0.05) is 36.7 Å². The lowest BCUT2D eigenvalue weighted by Crippen LogP contribution is -2.36. The number of halogens is 1. The van der Waals surface area contributed by atoms with Crippen LogP contribution in [0.4, 0.5) is 5.69 Å². The van der Waals surface area contributed by atoms with E-state index in [9.17, 15) is 9.00 Å². The summed E-state index contributed by atoms with van der Waals surface area (Å²) >= 11 is 5.93. The molecule has 1 aromatic carbocycles. The molecule has 10 heteroatoms. The molecule has 0 spiro atoms. The van der Waals surface area contributed by atoms with Crippen molar-refractivity contribution in [2.24, 2.45) is 13.0 Å². The van der Waals surface area contributed by atoms with E-state index < -0.39 is 9.92 Å². The van der Waals surface area contributed by atoms with Crippen LogP contribution in [0.3, 0.4) is 0 Å². The maximum absolute atomic E-state index is 13.4. The van der Waals surface area contributed by atoms with Gasteiger partial charge < -0.3 is 14.6 Å². The van der Waals surface area contributed by atoms with Gasteiger partial charge in [0.15, 0.2) is 0 Å². The third kappa shape index (κ3) is 5.58. The molecule has 8 nitrogen and oxygen atoms in total. The quantitative estimate of drug-likeness (QED) is 0.390. The fraction of sp³-hybridized carbons (Fsp3) is 0.280. The molecule has 3 atom stereocenters. The van der Waals surface area contributed by atoms with Crippen LogP contribution in [0.15, 0.2) is 59.8 Å². The average molecular weight is 514 g/mol. The van der Waals surface area contributed by atoms with Gasteiger partial charge in [-0.1, -0.05) is 42.8 Å². The van der Waals surface area contributed by atoms with Crippen molar-refractivity contribution in [3.63, 3.8) is 0 Å². The van der Waals surface area contributed by atoms with Crippen LogP contribution in [0.5, 0.6) is 5.75 Å². The lowest BCUT2D eigenvalue weighted by molar-refractivity contribution is 0.101.